The Bertz CT molecular complexity index is 1290. The van der Waals surface area contributed by atoms with Crippen LogP contribution >= 0.6 is 11.3 Å². The number of halogens is 1. The number of benzene rings is 2. The molecular weight excluding hydrogens is 427 g/mol. The lowest BCUT2D eigenvalue weighted by Gasteiger charge is -2.33. The molecule has 1 saturated heterocycles. The SMILES string of the molecule is COc1ccccc1CNC(=O)[C@H]1CCCN(c2ncnc3c2sc2cccc(F)c23)C1. The van der Waals surface area contributed by atoms with Gasteiger partial charge in [0, 0.05) is 29.9 Å². The van der Waals surface area contributed by atoms with Crippen molar-refractivity contribution in [1.82, 2.24) is 15.3 Å². The number of nitrogens with zero attached hydrogens (tertiary/aromatic N) is 3. The van der Waals surface area contributed by atoms with Gasteiger partial charge in [-0.2, -0.15) is 0 Å². The Labute approximate surface area is 189 Å². The van der Waals surface area contributed by atoms with Crippen molar-refractivity contribution >= 4 is 43.4 Å². The number of anilines is 1. The zero-order valence-corrected chi connectivity index (χ0v) is 18.5. The molecule has 6 nitrogen and oxygen atoms in total. The number of hydrogen-bond acceptors (Lipinski definition) is 6. The van der Waals surface area contributed by atoms with Gasteiger partial charge in [-0.1, -0.05) is 24.3 Å². The number of para-hydroxylation sites is 1. The number of carbonyl (C=O) groups is 1. The highest BCUT2D eigenvalue weighted by Crippen LogP contribution is 2.39. The van der Waals surface area contributed by atoms with Gasteiger partial charge in [0.1, 0.15) is 23.7 Å². The smallest absolute Gasteiger partial charge is 0.225 e. The van der Waals surface area contributed by atoms with Gasteiger partial charge in [-0.25, -0.2) is 14.4 Å². The first-order valence-corrected chi connectivity index (χ1v) is 11.4. The van der Waals surface area contributed by atoms with Gasteiger partial charge in [-0.05, 0) is 31.0 Å². The number of amides is 1. The van der Waals surface area contributed by atoms with Crippen LogP contribution in [0.15, 0.2) is 48.8 Å². The van der Waals surface area contributed by atoms with Crippen LogP contribution in [0.1, 0.15) is 18.4 Å². The molecule has 164 valence electrons. The normalized spacial score (nSPS) is 16.4. The van der Waals surface area contributed by atoms with Gasteiger partial charge in [0.2, 0.25) is 5.91 Å². The minimum Gasteiger partial charge on any atom is -0.496 e. The average Bonchev–Trinajstić information content (AvgIpc) is 3.23. The number of piperidine rings is 1. The fourth-order valence-electron chi connectivity index (χ4n) is 4.35. The Hall–Kier alpha value is -3.26. The third kappa shape index (κ3) is 3.75. The third-order valence-electron chi connectivity index (χ3n) is 5.95. The highest BCUT2D eigenvalue weighted by molar-refractivity contribution is 7.26. The summed E-state index contributed by atoms with van der Waals surface area (Å²) in [5.74, 6) is 1.14. The molecule has 0 radical (unpaired) electrons. The Morgan fingerprint density at radius 3 is 3.00 bits per heavy atom. The molecule has 0 bridgehead atoms. The van der Waals surface area contributed by atoms with Crippen molar-refractivity contribution in [2.75, 3.05) is 25.1 Å². The van der Waals surface area contributed by atoms with Crippen LogP contribution in [-0.4, -0.2) is 36.1 Å². The number of rotatable bonds is 5. The van der Waals surface area contributed by atoms with E-state index in [2.05, 4.69) is 20.2 Å². The Morgan fingerprint density at radius 2 is 2.12 bits per heavy atom. The molecule has 0 aliphatic carbocycles. The third-order valence-corrected chi connectivity index (χ3v) is 7.09. The van der Waals surface area contributed by atoms with Crippen LogP contribution in [0.4, 0.5) is 10.2 Å². The van der Waals surface area contributed by atoms with Crippen molar-refractivity contribution in [3.63, 3.8) is 0 Å². The molecule has 4 aromatic rings. The summed E-state index contributed by atoms with van der Waals surface area (Å²) in [5, 5.41) is 3.60. The zero-order valence-electron chi connectivity index (χ0n) is 17.7. The van der Waals surface area contributed by atoms with Gasteiger partial charge in [-0.3, -0.25) is 4.79 Å². The van der Waals surface area contributed by atoms with Crippen LogP contribution in [-0.2, 0) is 11.3 Å². The van der Waals surface area contributed by atoms with Crippen molar-refractivity contribution in [2.24, 2.45) is 5.92 Å². The Morgan fingerprint density at radius 1 is 1.25 bits per heavy atom. The summed E-state index contributed by atoms with van der Waals surface area (Å²) in [4.78, 5) is 24.0. The fourth-order valence-corrected chi connectivity index (χ4v) is 5.54. The Balaban J connectivity index is 1.36. The van der Waals surface area contributed by atoms with E-state index in [1.807, 2.05) is 30.3 Å². The number of nitrogens with one attached hydrogen (secondary N) is 1. The fraction of sp³-hybridized carbons (Fsp3) is 0.292. The highest BCUT2D eigenvalue weighted by atomic mass is 32.1. The molecule has 1 N–H and O–H groups in total. The van der Waals surface area contributed by atoms with Gasteiger partial charge in [0.15, 0.2) is 0 Å². The molecule has 1 aliphatic rings. The summed E-state index contributed by atoms with van der Waals surface area (Å²) in [6, 6.07) is 12.7. The predicted octanol–water partition coefficient (Wildman–Crippen LogP) is 4.53. The molecule has 1 amide bonds. The molecule has 2 aromatic carbocycles. The number of aromatic nitrogens is 2. The van der Waals surface area contributed by atoms with Crippen molar-refractivity contribution in [3.05, 3.63) is 60.2 Å². The lowest BCUT2D eigenvalue weighted by Crippen LogP contribution is -2.43. The van der Waals surface area contributed by atoms with E-state index in [0.717, 1.165) is 45.9 Å². The standard InChI is InChI=1S/C24H23FN4O2S/c1-31-18-9-3-2-6-15(18)12-26-24(30)16-7-5-11-29(13-16)23-22-21(27-14-28-23)20-17(25)8-4-10-19(20)32-22/h2-4,6,8-10,14,16H,5,7,11-13H2,1H3,(H,26,30)/t16-/m0/s1. The van der Waals surface area contributed by atoms with E-state index < -0.39 is 0 Å². The van der Waals surface area contributed by atoms with E-state index in [4.69, 9.17) is 4.74 Å². The molecule has 2 aromatic heterocycles. The number of carbonyl (C=O) groups excluding carboxylic acids is 1. The van der Waals surface area contributed by atoms with Crippen LogP contribution in [0, 0.1) is 11.7 Å². The highest BCUT2D eigenvalue weighted by Gasteiger charge is 2.28. The molecule has 1 atom stereocenters. The molecule has 32 heavy (non-hydrogen) atoms. The van der Waals surface area contributed by atoms with E-state index in [9.17, 15) is 9.18 Å². The predicted molar refractivity (Wildman–Crippen MR) is 125 cm³/mol. The van der Waals surface area contributed by atoms with Gasteiger partial charge in [0.05, 0.1) is 28.6 Å². The molecule has 1 aliphatic heterocycles. The minimum absolute atomic E-state index is 0.0216. The lowest BCUT2D eigenvalue weighted by atomic mass is 9.97. The van der Waals surface area contributed by atoms with Crippen LogP contribution < -0.4 is 15.0 Å². The zero-order chi connectivity index (χ0) is 22.1. The summed E-state index contributed by atoms with van der Waals surface area (Å²) >= 11 is 1.50. The van der Waals surface area contributed by atoms with Crippen LogP contribution in [0.2, 0.25) is 0 Å². The first-order valence-electron chi connectivity index (χ1n) is 10.6. The molecule has 0 saturated carbocycles. The second-order valence-electron chi connectivity index (χ2n) is 7.90. The minimum atomic E-state index is -0.273. The van der Waals surface area contributed by atoms with E-state index >= 15 is 0 Å². The van der Waals surface area contributed by atoms with Crippen LogP contribution in [0.5, 0.6) is 5.75 Å². The van der Waals surface area contributed by atoms with Gasteiger partial charge in [-0.15, -0.1) is 11.3 Å². The van der Waals surface area contributed by atoms with E-state index in [0.29, 0.717) is 24.0 Å². The molecular formula is C24H23FN4O2S. The maximum atomic E-state index is 14.4. The molecule has 5 rings (SSSR count). The quantitative estimate of drug-likeness (QED) is 0.484. The Kier molecular flexibility index (Phi) is 5.61. The molecule has 1 fully saturated rings. The van der Waals surface area contributed by atoms with Crippen LogP contribution in [0.25, 0.3) is 20.3 Å². The number of fused-ring (bicyclic) bond motifs is 3. The summed E-state index contributed by atoms with van der Waals surface area (Å²) in [6.45, 7) is 1.80. The first kappa shape index (κ1) is 20.6. The molecule has 8 heteroatoms. The van der Waals surface area contributed by atoms with Crippen molar-refractivity contribution < 1.29 is 13.9 Å². The van der Waals surface area contributed by atoms with Crippen molar-refractivity contribution in [2.45, 2.75) is 19.4 Å². The van der Waals surface area contributed by atoms with Gasteiger partial charge in [0.25, 0.3) is 0 Å². The van der Waals surface area contributed by atoms with Gasteiger partial charge < -0.3 is 15.0 Å². The van der Waals surface area contributed by atoms with E-state index in [-0.39, 0.29) is 17.6 Å². The molecule has 0 spiro atoms. The number of hydrogen-bond donors (Lipinski definition) is 1. The number of ether oxygens (including phenoxy) is 1. The number of methoxy groups -OCH3 is 1. The lowest BCUT2D eigenvalue weighted by molar-refractivity contribution is -0.125. The maximum Gasteiger partial charge on any atom is 0.225 e. The van der Waals surface area contributed by atoms with Crippen molar-refractivity contribution in [3.8, 4) is 5.75 Å². The summed E-state index contributed by atoms with van der Waals surface area (Å²) in [6.07, 6.45) is 3.20. The monoisotopic (exact) mass is 450 g/mol. The summed E-state index contributed by atoms with van der Waals surface area (Å²) in [5.41, 5.74) is 1.58. The topological polar surface area (TPSA) is 67.3 Å². The molecule has 0 unspecified atom stereocenters. The summed E-state index contributed by atoms with van der Waals surface area (Å²) in [7, 11) is 1.63. The first-order chi connectivity index (χ1) is 15.7. The second kappa shape index (κ2) is 8.70. The van der Waals surface area contributed by atoms with E-state index in [1.54, 1.807) is 13.2 Å². The average molecular weight is 451 g/mol. The maximum absolute atomic E-state index is 14.4. The van der Waals surface area contributed by atoms with Gasteiger partial charge >= 0.3 is 0 Å². The van der Waals surface area contributed by atoms with E-state index in [1.165, 1.54) is 23.7 Å². The second-order valence-corrected chi connectivity index (χ2v) is 8.96. The van der Waals surface area contributed by atoms with Crippen molar-refractivity contribution in [1.29, 1.82) is 0 Å². The largest absolute Gasteiger partial charge is 0.496 e. The molecule has 3 heterocycles. The summed E-state index contributed by atoms with van der Waals surface area (Å²) < 4.78 is 21.5. The van der Waals surface area contributed by atoms with Crippen LogP contribution in [0.3, 0.4) is 0 Å². The number of thiophene rings is 1.